The van der Waals surface area contributed by atoms with E-state index in [0.717, 1.165) is 24.9 Å². The van der Waals surface area contributed by atoms with Crippen molar-refractivity contribution in [2.24, 2.45) is 5.41 Å². The van der Waals surface area contributed by atoms with Gasteiger partial charge in [-0.2, -0.15) is 0 Å². The van der Waals surface area contributed by atoms with Crippen LogP contribution in [0.2, 0.25) is 0 Å². The SMILES string of the molecule is CCC(C)(C)C(C(=O)NC1C(=O)COC1CCN(C)C)c1ccccc1. The number of ether oxygens (including phenoxy) is 1. The second kappa shape index (κ2) is 8.78. The third-order valence-corrected chi connectivity index (χ3v) is 5.40. The van der Waals surface area contributed by atoms with E-state index in [1.165, 1.54) is 0 Å². The van der Waals surface area contributed by atoms with Crippen LogP contribution >= 0.6 is 0 Å². The molecule has 1 N–H and O–H groups in total. The molecule has 1 heterocycles. The minimum absolute atomic E-state index is 0.0387. The van der Waals surface area contributed by atoms with Gasteiger partial charge in [0.15, 0.2) is 5.78 Å². The maximum absolute atomic E-state index is 13.2. The summed E-state index contributed by atoms with van der Waals surface area (Å²) >= 11 is 0. The molecule has 144 valence electrons. The van der Waals surface area contributed by atoms with E-state index in [-0.39, 0.29) is 35.7 Å². The molecule has 2 rings (SSSR count). The number of hydrogen-bond donors (Lipinski definition) is 1. The molecule has 5 heteroatoms. The first kappa shape index (κ1) is 20.6. The average Bonchev–Trinajstić information content (AvgIpc) is 2.94. The summed E-state index contributed by atoms with van der Waals surface area (Å²) in [7, 11) is 3.97. The minimum atomic E-state index is -0.554. The van der Waals surface area contributed by atoms with Crippen molar-refractivity contribution in [3.63, 3.8) is 0 Å². The van der Waals surface area contributed by atoms with E-state index >= 15 is 0 Å². The highest BCUT2D eigenvalue weighted by molar-refractivity contribution is 5.94. The average molecular weight is 360 g/mol. The van der Waals surface area contributed by atoms with Crippen LogP contribution in [0, 0.1) is 5.41 Å². The molecule has 1 saturated heterocycles. The molecule has 0 aromatic heterocycles. The van der Waals surface area contributed by atoms with Crippen molar-refractivity contribution in [2.45, 2.75) is 51.7 Å². The van der Waals surface area contributed by atoms with Crippen molar-refractivity contribution in [2.75, 3.05) is 27.2 Å². The number of rotatable bonds is 8. The fourth-order valence-electron chi connectivity index (χ4n) is 3.44. The van der Waals surface area contributed by atoms with E-state index < -0.39 is 6.04 Å². The molecule has 1 aliphatic rings. The van der Waals surface area contributed by atoms with Gasteiger partial charge in [0.2, 0.25) is 5.91 Å². The Morgan fingerprint density at radius 2 is 1.96 bits per heavy atom. The summed E-state index contributed by atoms with van der Waals surface area (Å²) in [4.78, 5) is 27.5. The first-order chi connectivity index (χ1) is 12.3. The van der Waals surface area contributed by atoms with E-state index in [4.69, 9.17) is 4.74 Å². The predicted octanol–water partition coefficient (Wildman–Crippen LogP) is 2.61. The number of carbonyl (C=O) groups is 2. The summed E-state index contributed by atoms with van der Waals surface area (Å²) in [6.07, 6.45) is 1.32. The minimum Gasteiger partial charge on any atom is -0.368 e. The number of Topliss-reactive ketones (excluding diaryl/α,β-unsaturated/α-hetero) is 1. The molecule has 1 aliphatic heterocycles. The number of ketones is 1. The third kappa shape index (κ3) is 4.92. The molecule has 1 aromatic rings. The lowest BCUT2D eigenvalue weighted by Crippen LogP contribution is -2.49. The second-order valence-corrected chi connectivity index (χ2v) is 8.08. The molecule has 1 amide bonds. The van der Waals surface area contributed by atoms with Crippen molar-refractivity contribution in [3.05, 3.63) is 35.9 Å². The van der Waals surface area contributed by atoms with Gasteiger partial charge in [0.05, 0.1) is 12.0 Å². The summed E-state index contributed by atoms with van der Waals surface area (Å²) in [5.41, 5.74) is 0.764. The second-order valence-electron chi connectivity index (χ2n) is 8.08. The molecular weight excluding hydrogens is 328 g/mol. The van der Waals surface area contributed by atoms with Crippen LogP contribution in [0.4, 0.5) is 0 Å². The molecular formula is C21H32N2O3. The highest BCUT2D eigenvalue weighted by Crippen LogP contribution is 2.38. The van der Waals surface area contributed by atoms with Crippen LogP contribution in [-0.2, 0) is 14.3 Å². The number of nitrogens with one attached hydrogen (secondary N) is 1. The summed E-state index contributed by atoms with van der Waals surface area (Å²) in [5.74, 6) is -0.443. The molecule has 5 nitrogen and oxygen atoms in total. The van der Waals surface area contributed by atoms with Gasteiger partial charge in [-0.3, -0.25) is 9.59 Å². The fourth-order valence-corrected chi connectivity index (χ4v) is 3.44. The Hall–Kier alpha value is -1.72. The number of carbonyl (C=O) groups excluding carboxylic acids is 2. The lowest BCUT2D eigenvalue weighted by molar-refractivity contribution is -0.129. The van der Waals surface area contributed by atoms with Gasteiger partial charge in [0, 0.05) is 6.54 Å². The summed E-state index contributed by atoms with van der Waals surface area (Å²) in [6.45, 7) is 7.18. The lowest BCUT2D eigenvalue weighted by Gasteiger charge is -2.34. The van der Waals surface area contributed by atoms with Crippen LogP contribution in [0.15, 0.2) is 30.3 Å². The van der Waals surface area contributed by atoms with E-state index in [1.807, 2.05) is 44.4 Å². The maximum atomic E-state index is 13.2. The van der Waals surface area contributed by atoms with Gasteiger partial charge < -0.3 is 15.0 Å². The largest absolute Gasteiger partial charge is 0.368 e. The molecule has 3 atom stereocenters. The molecule has 0 saturated carbocycles. The van der Waals surface area contributed by atoms with Gasteiger partial charge in [-0.15, -0.1) is 0 Å². The monoisotopic (exact) mass is 360 g/mol. The van der Waals surface area contributed by atoms with Gasteiger partial charge in [0.1, 0.15) is 12.6 Å². The normalized spacial score (nSPS) is 21.8. The first-order valence-electron chi connectivity index (χ1n) is 9.40. The Morgan fingerprint density at radius 1 is 1.31 bits per heavy atom. The molecule has 0 bridgehead atoms. The van der Waals surface area contributed by atoms with Crippen LogP contribution in [0.25, 0.3) is 0 Å². The van der Waals surface area contributed by atoms with Crippen LogP contribution in [0.5, 0.6) is 0 Å². The van der Waals surface area contributed by atoms with Crippen molar-refractivity contribution in [1.29, 1.82) is 0 Å². The Kier molecular flexibility index (Phi) is 6.95. The number of nitrogens with zero attached hydrogens (tertiary/aromatic N) is 1. The van der Waals surface area contributed by atoms with Gasteiger partial charge in [0.25, 0.3) is 0 Å². The standard InChI is InChI=1S/C21H32N2O3/c1-6-21(2,3)18(15-10-8-7-9-11-15)20(25)22-19-16(24)14-26-17(19)12-13-23(4)5/h7-11,17-19H,6,12-14H2,1-5H3,(H,22,25). The maximum Gasteiger partial charge on any atom is 0.228 e. The van der Waals surface area contributed by atoms with Gasteiger partial charge in [-0.1, -0.05) is 51.1 Å². The van der Waals surface area contributed by atoms with E-state index in [1.54, 1.807) is 0 Å². The zero-order valence-electron chi connectivity index (χ0n) is 16.6. The lowest BCUT2D eigenvalue weighted by atomic mass is 9.72. The Morgan fingerprint density at radius 3 is 2.54 bits per heavy atom. The van der Waals surface area contributed by atoms with Crippen LogP contribution < -0.4 is 5.32 Å². The highest BCUT2D eigenvalue weighted by atomic mass is 16.5. The molecule has 1 fully saturated rings. The van der Waals surface area contributed by atoms with Crippen molar-refractivity contribution in [1.82, 2.24) is 10.2 Å². The number of benzene rings is 1. The third-order valence-electron chi connectivity index (χ3n) is 5.40. The molecule has 0 aliphatic carbocycles. The first-order valence-corrected chi connectivity index (χ1v) is 9.40. The van der Waals surface area contributed by atoms with Gasteiger partial charge in [-0.25, -0.2) is 0 Å². The summed E-state index contributed by atoms with van der Waals surface area (Å²) < 4.78 is 5.64. The Bertz CT molecular complexity index is 613. The smallest absolute Gasteiger partial charge is 0.228 e. The molecule has 0 spiro atoms. The summed E-state index contributed by atoms with van der Waals surface area (Å²) in [6, 6.07) is 9.26. The van der Waals surface area contributed by atoms with Crippen LogP contribution in [0.1, 0.15) is 45.1 Å². The van der Waals surface area contributed by atoms with Crippen LogP contribution in [0.3, 0.4) is 0 Å². The number of hydrogen-bond acceptors (Lipinski definition) is 4. The molecule has 3 unspecified atom stereocenters. The van der Waals surface area contributed by atoms with Crippen LogP contribution in [-0.4, -0.2) is 56.0 Å². The zero-order chi connectivity index (χ0) is 19.3. The quantitative estimate of drug-likeness (QED) is 0.774. The van der Waals surface area contributed by atoms with Crippen molar-refractivity contribution in [3.8, 4) is 0 Å². The molecule has 1 aromatic carbocycles. The topological polar surface area (TPSA) is 58.6 Å². The van der Waals surface area contributed by atoms with Gasteiger partial charge in [-0.05, 0) is 37.9 Å². The molecule has 0 radical (unpaired) electrons. The van der Waals surface area contributed by atoms with E-state index in [2.05, 4.69) is 31.0 Å². The number of amides is 1. The fraction of sp³-hybridized carbons (Fsp3) is 0.619. The van der Waals surface area contributed by atoms with E-state index in [9.17, 15) is 9.59 Å². The highest BCUT2D eigenvalue weighted by Gasteiger charge is 2.41. The van der Waals surface area contributed by atoms with Gasteiger partial charge >= 0.3 is 0 Å². The predicted molar refractivity (Wildman–Crippen MR) is 103 cm³/mol. The summed E-state index contributed by atoms with van der Waals surface area (Å²) in [5, 5.41) is 3.01. The molecule has 26 heavy (non-hydrogen) atoms. The Balaban J connectivity index is 2.19. The zero-order valence-corrected chi connectivity index (χ0v) is 16.6. The van der Waals surface area contributed by atoms with E-state index in [0.29, 0.717) is 0 Å². The Labute approximate surface area is 157 Å². The van der Waals surface area contributed by atoms with Crippen molar-refractivity contribution >= 4 is 11.7 Å². The van der Waals surface area contributed by atoms with Crippen molar-refractivity contribution < 1.29 is 14.3 Å².